The van der Waals surface area contributed by atoms with Crippen LogP contribution in [-0.4, -0.2) is 6.21 Å². The monoisotopic (exact) mass is 203 g/mol. The van der Waals surface area contributed by atoms with E-state index >= 15 is 0 Å². The van der Waals surface area contributed by atoms with Gasteiger partial charge in [0, 0.05) is 11.9 Å². The summed E-state index contributed by atoms with van der Waals surface area (Å²) in [6, 6.07) is 0. The van der Waals surface area contributed by atoms with Gasteiger partial charge in [-0.15, -0.1) is 0 Å². The molecule has 0 aromatic carbocycles. The Hall–Kier alpha value is -1.11. The molecule has 0 aromatic heterocycles. The van der Waals surface area contributed by atoms with Crippen molar-refractivity contribution < 1.29 is 0 Å². The molecule has 0 N–H and O–H groups in total. The highest BCUT2D eigenvalue weighted by Crippen LogP contribution is 2.18. The molecule has 1 heteroatoms. The van der Waals surface area contributed by atoms with E-state index in [1.54, 1.807) is 0 Å². The van der Waals surface area contributed by atoms with Gasteiger partial charge in [-0.1, -0.05) is 31.6 Å². The van der Waals surface area contributed by atoms with E-state index in [9.17, 15) is 0 Å². The molecule has 1 aliphatic rings. The van der Waals surface area contributed by atoms with Crippen molar-refractivity contribution in [1.82, 2.24) is 0 Å². The standard InChI is InChI=1S/C14H21N/c1-5-13(6-2)14-9-7-8-11(3)12(4)15-10-14/h7,9-10H,5-6,8H2,1-4H3/b9-7?,12-11-,15-10?. The molecule has 0 aliphatic carbocycles. The Morgan fingerprint density at radius 3 is 2.53 bits per heavy atom. The molecule has 1 aliphatic heterocycles. The molecule has 0 saturated heterocycles. The van der Waals surface area contributed by atoms with Crippen LogP contribution in [0.2, 0.25) is 0 Å². The predicted molar refractivity (Wildman–Crippen MR) is 68.2 cm³/mol. The number of nitrogens with zero attached hydrogens (tertiary/aromatic N) is 1. The summed E-state index contributed by atoms with van der Waals surface area (Å²) in [4.78, 5) is 4.51. The Kier molecular flexibility index (Phi) is 4.54. The number of allylic oxidation sites excluding steroid dienone is 6. The number of rotatable bonds is 2. The normalized spacial score (nSPS) is 21.5. The molecule has 0 fully saturated rings. The Morgan fingerprint density at radius 2 is 1.93 bits per heavy atom. The Bertz CT molecular complexity index is 334. The van der Waals surface area contributed by atoms with Crippen molar-refractivity contribution in [2.75, 3.05) is 0 Å². The second kappa shape index (κ2) is 5.69. The average molecular weight is 203 g/mol. The van der Waals surface area contributed by atoms with E-state index in [2.05, 4.69) is 44.8 Å². The van der Waals surface area contributed by atoms with Crippen LogP contribution in [0.1, 0.15) is 47.0 Å². The van der Waals surface area contributed by atoms with Crippen molar-refractivity contribution in [2.45, 2.75) is 47.0 Å². The van der Waals surface area contributed by atoms with Crippen molar-refractivity contribution in [2.24, 2.45) is 4.99 Å². The summed E-state index contributed by atoms with van der Waals surface area (Å²) in [5, 5.41) is 0. The lowest BCUT2D eigenvalue weighted by Crippen LogP contribution is -1.93. The third-order valence-electron chi connectivity index (χ3n) is 3.00. The lowest BCUT2D eigenvalue weighted by molar-refractivity contribution is 0.968. The fourth-order valence-corrected chi connectivity index (χ4v) is 1.70. The fourth-order valence-electron chi connectivity index (χ4n) is 1.70. The Balaban J connectivity index is 3.07. The fraction of sp³-hybridized carbons (Fsp3) is 0.500. The molecule has 0 saturated carbocycles. The smallest absolute Gasteiger partial charge is 0.0365 e. The molecule has 82 valence electrons. The van der Waals surface area contributed by atoms with E-state index in [1.807, 2.05) is 6.21 Å². The largest absolute Gasteiger partial charge is 0.261 e. The molecule has 1 heterocycles. The van der Waals surface area contributed by atoms with Crippen LogP contribution in [0.15, 0.2) is 39.6 Å². The van der Waals surface area contributed by atoms with Crippen LogP contribution in [-0.2, 0) is 0 Å². The zero-order valence-corrected chi connectivity index (χ0v) is 10.3. The summed E-state index contributed by atoms with van der Waals surface area (Å²) < 4.78 is 0. The molecule has 0 radical (unpaired) electrons. The first-order valence-corrected chi connectivity index (χ1v) is 5.78. The molecule has 0 unspecified atom stereocenters. The molecule has 1 rings (SSSR count). The molecular weight excluding hydrogens is 182 g/mol. The Morgan fingerprint density at radius 1 is 1.27 bits per heavy atom. The van der Waals surface area contributed by atoms with E-state index in [-0.39, 0.29) is 0 Å². The van der Waals surface area contributed by atoms with Crippen molar-refractivity contribution in [3.8, 4) is 0 Å². The Labute approximate surface area is 93.3 Å². The first-order valence-electron chi connectivity index (χ1n) is 5.78. The lowest BCUT2D eigenvalue weighted by atomic mass is 10.0. The van der Waals surface area contributed by atoms with Gasteiger partial charge in [0.25, 0.3) is 0 Å². The summed E-state index contributed by atoms with van der Waals surface area (Å²) in [5.74, 6) is 0. The topological polar surface area (TPSA) is 12.4 Å². The molecular formula is C14H21N. The van der Waals surface area contributed by atoms with Gasteiger partial charge in [0.2, 0.25) is 0 Å². The molecule has 0 bridgehead atoms. The summed E-state index contributed by atoms with van der Waals surface area (Å²) in [6.45, 7) is 8.65. The van der Waals surface area contributed by atoms with Crippen LogP contribution in [0.5, 0.6) is 0 Å². The number of hydrogen-bond acceptors (Lipinski definition) is 1. The minimum Gasteiger partial charge on any atom is -0.261 e. The van der Waals surface area contributed by atoms with Crippen LogP contribution < -0.4 is 0 Å². The van der Waals surface area contributed by atoms with Crippen LogP contribution >= 0.6 is 0 Å². The number of aliphatic imine (C=N–C) groups is 1. The minimum atomic E-state index is 1.02. The van der Waals surface area contributed by atoms with Crippen LogP contribution in [0.25, 0.3) is 0 Å². The summed E-state index contributed by atoms with van der Waals surface area (Å²) >= 11 is 0. The van der Waals surface area contributed by atoms with Crippen LogP contribution in [0, 0.1) is 0 Å². The highest BCUT2D eigenvalue weighted by Gasteiger charge is 2.01. The van der Waals surface area contributed by atoms with Gasteiger partial charge in [0.1, 0.15) is 0 Å². The molecule has 0 aromatic rings. The first kappa shape index (κ1) is 12.0. The van der Waals surface area contributed by atoms with E-state index in [1.165, 1.54) is 16.7 Å². The highest BCUT2D eigenvalue weighted by molar-refractivity contribution is 5.84. The second-order valence-corrected chi connectivity index (χ2v) is 4.00. The van der Waals surface area contributed by atoms with E-state index in [4.69, 9.17) is 0 Å². The molecule has 0 atom stereocenters. The van der Waals surface area contributed by atoms with E-state index < -0.39 is 0 Å². The molecule has 0 spiro atoms. The maximum Gasteiger partial charge on any atom is 0.0365 e. The highest BCUT2D eigenvalue weighted by atomic mass is 14.7. The van der Waals surface area contributed by atoms with E-state index in [0.717, 1.165) is 25.0 Å². The summed E-state index contributed by atoms with van der Waals surface area (Å²) in [5.41, 5.74) is 5.30. The summed E-state index contributed by atoms with van der Waals surface area (Å²) in [7, 11) is 0. The summed E-state index contributed by atoms with van der Waals surface area (Å²) in [6.07, 6.45) is 9.71. The van der Waals surface area contributed by atoms with Gasteiger partial charge in [0.15, 0.2) is 0 Å². The zero-order chi connectivity index (χ0) is 11.3. The maximum atomic E-state index is 4.51. The van der Waals surface area contributed by atoms with Gasteiger partial charge in [0.05, 0.1) is 0 Å². The van der Waals surface area contributed by atoms with Gasteiger partial charge in [-0.3, -0.25) is 4.99 Å². The molecule has 0 amide bonds. The first-order chi connectivity index (χ1) is 7.19. The van der Waals surface area contributed by atoms with Gasteiger partial charge in [-0.25, -0.2) is 0 Å². The predicted octanol–water partition coefficient (Wildman–Crippen LogP) is 4.43. The third kappa shape index (κ3) is 3.19. The average Bonchev–Trinajstić information content (AvgIpc) is 2.24. The SMILES string of the molecule is CCC(CC)=C1C=CC/C(C)=C(/C)N=C1. The molecule has 15 heavy (non-hydrogen) atoms. The van der Waals surface area contributed by atoms with E-state index in [0.29, 0.717) is 0 Å². The van der Waals surface area contributed by atoms with Crippen LogP contribution in [0.4, 0.5) is 0 Å². The van der Waals surface area contributed by atoms with Gasteiger partial charge < -0.3 is 0 Å². The third-order valence-corrected chi connectivity index (χ3v) is 3.00. The van der Waals surface area contributed by atoms with Crippen molar-refractivity contribution in [3.05, 3.63) is 34.6 Å². The van der Waals surface area contributed by atoms with Crippen molar-refractivity contribution in [3.63, 3.8) is 0 Å². The van der Waals surface area contributed by atoms with Gasteiger partial charge >= 0.3 is 0 Å². The van der Waals surface area contributed by atoms with Gasteiger partial charge in [-0.05, 0) is 44.3 Å². The van der Waals surface area contributed by atoms with Crippen molar-refractivity contribution in [1.29, 1.82) is 0 Å². The number of hydrogen-bond donors (Lipinski definition) is 0. The quantitative estimate of drug-likeness (QED) is 0.629. The van der Waals surface area contributed by atoms with Crippen molar-refractivity contribution >= 4 is 6.21 Å². The minimum absolute atomic E-state index is 1.02. The van der Waals surface area contributed by atoms with Gasteiger partial charge in [-0.2, -0.15) is 0 Å². The van der Waals surface area contributed by atoms with Crippen LogP contribution in [0.3, 0.4) is 0 Å². The lowest BCUT2D eigenvalue weighted by Gasteiger charge is -2.08. The second-order valence-electron chi connectivity index (χ2n) is 4.00. The maximum absolute atomic E-state index is 4.51. The molecule has 1 nitrogen and oxygen atoms in total. The zero-order valence-electron chi connectivity index (χ0n) is 10.3.